The predicted octanol–water partition coefficient (Wildman–Crippen LogP) is 14.9. The van der Waals surface area contributed by atoms with E-state index < -0.39 is 12.1 Å². The highest BCUT2D eigenvalue weighted by atomic mass is 16.6. The Morgan fingerprint density at radius 1 is 0.350 bits per heavy atom. The van der Waals surface area contributed by atoms with Crippen LogP contribution in [0.3, 0.4) is 0 Å². The molecule has 0 heterocycles. The molecule has 0 aliphatic carbocycles. The maximum atomic E-state index is 12.7. The Labute approximate surface area is 366 Å². The van der Waals surface area contributed by atoms with E-state index in [-0.39, 0.29) is 44.4 Å². The number of ether oxygens (including phenoxy) is 3. The van der Waals surface area contributed by atoms with Crippen molar-refractivity contribution < 1.29 is 28.6 Å². The number of hydrogen-bond donors (Lipinski definition) is 0. The molecule has 332 valence electrons. The van der Waals surface area contributed by atoms with Gasteiger partial charge in [0.15, 0.2) is 6.10 Å². The van der Waals surface area contributed by atoms with Crippen LogP contribution in [0.15, 0.2) is 146 Å². The Hall–Kier alpha value is -4.71. The molecule has 60 heavy (non-hydrogen) atoms. The Balaban J connectivity index is 4.61. The molecule has 0 spiro atoms. The number of carbonyl (C=O) groups is 3. The van der Waals surface area contributed by atoms with Gasteiger partial charge in [0, 0.05) is 12.8 Å². The van der Waals surface area contributed by atoms with Crippen LogP contribution in [-0.4, -0.2) is 37.2 Å². The summed E-state index contributed by atoms with van der Waals surface area (Å²) in [7, 11) is 0. The van der Waals surface area contributed by atoms with Crippen LogP contribution in [0.1, 0.15) is 156 Å². The fourth-order valence-corrected chi connectivity index (χ4v) is 5.29. The maximum absolute atomic E-state index is 12.7. The molecule has 6 nitrogen and oxygen atoms in total. The van der Waals surface area contributed by atoms with Crippen molar-refractivity contribution in [2.75, 3.05) is 13.2 Å². The molecule has 1 atom stereocenters. The summed E-state index contributed by atoms with van der Waals surface area (Å²) >= 11 is 0. The quantitative estimate of drug-likeness (QED) is 0.0267. The average Bonchev–Trinajstić information content (AvgIpc) is 3.24. The molecule has 0 saturated carbocycles. The van der Waals surface area contributed by atoms with Gasteiger partial charge in [0.05, 0.1) is 6.42 Å². The number of carbonyl (C=O) groups excluding carboxylic acids is 3. The van der Waals surface area contributed by atoms with Crippen molar-refractivity contribution in [1.29, 1.82) is 0 Å². The average molecular weight is 825 g/mol. The molecule has 0 aliphatic heterocycles. The molecule has 6 heteroatoms. The Morgan fingerprint density at radius 2 is 0.683 bits per heavy atom. The summed E-state index contributed by atoms with van der Waals surface area (Å²) in [6.07, 6.45) is 67.3. The van der Waals surface area contributed by atoms with Crippen molar-refractivity contribution in [3.05, 3.63) is 146 Å². The van der Waals surface area contributed by atoms with Gasteiger partial charge in [-0.1, -0.05) is 173 Å². The van der Waals surface area contributed by atoms with Crippen molar-refractivity contribution in [2.45, 2.75) is 162 Å². The van der Waals surface area contributed by atoms with E-state index in [9.17, 15) is 14.4 Å². The third-order valence-corrected chi connectivity index (χ3v) is 8.60. The second-order valence-corrected chi connectivity index (χ2v) is 14.2. The zero-order valence-corrected chi connectivity index (χ0v) is 37.6. The summed E-state index contributed by atoms with van der Waals surface area (Å²) in [5.74, 6) is -1.18. The van der Waals surface area contributed by atoms with Crippen LogP contribution in [-0.2, 0) is 28.6 Å². The normalized spacial score (nSPS) is 13.4. The van der Waals surface area contributed by atoms with E-state index in [1.165, 1.54) is 0 Å². The molecule has 0 aromatic heterocycles. The predicted molar refractivity (Wildman–Crippen MR) is 255 cm³/mol. The topological polar surface area (TPSA) is 78.9 Å². The summed E-state index contributed by atoms with van der Waals surface area (Å²) in [6, 6.07) is 0. The zero-order chi connectivity index (χ0) is 43.7. The number of allylic oxidation sites excluding steroid dienone is 23. The first-order valence-electron chi connectivity index (χ1n) is 22.8. The monoisotopic (exact) mass is 825 g/mol. The summed E-state index contributed by atoms with van der Waals surface area (Å²) in [4.78, 5) is 37.7. The molecule has 0 aromatic carbocycles. The first-order valence-corrected chi connectivity index (χ1v) is 22.8. The second-order valence-electron chi connectivity index (χ2n) is 14.2. The number of hydrogen-bond acceptors (Lipinski definition) is 6. The molecule has 0 aromatic rings. The van der Waals surface area contributed by atoms with Crippen LogP contribution in [0.2, 0.25) is 0 Å². The summed E-state index contributed by atoms with van der Waals surface area (Å²) < 4.78 is 16.5. The van der Waals surface area contributed by atoms with Crippen molar-refractivity contribution in [3.63, 3.8) is 0 Å². The first-order chi connectivity index (χ1) is 29.5. The second kappa shape index (κ2) is 47.0. The molecule has 0 amide bonds. The minimum absolute atomic E-state index is 0.110. The molecule has 0 saturated heterocycles. The summed E-state index contributed by atoms with van der Waals surface area (Å²) in [6.45, 7) is 6.07. The van der Waals surface area contributed by atoms with E-state index in [1.807, 2.05) is 6.08 Å². The van der Waals surface area contributed by atoms with Crippen molar-refractivity contribution in [1.82, 2.24) is 0 Å². The highest BCUT2D eigenvalue weighted by molar-refractivity contribution is 5.72. The molecular formula is C54H80O6. The van der Waals surface area contributed by atoms with Crippen LogP contribution >= 0.6 is 0 Å². The summed E-state index contributed by atoms with van der Waals surface area (Å²) in [5.41, 5.74) is 0. The Morgan fingerprint density at radius 3 is 1.10 bits per heavy atom. The lowest BCUT2D eigenvalue weighted by Crippen LogP contribution is -2.30. The van der Waals surface area contributed by atoms with E-state index >= 15 is 0 Å². The first kappa shape index (κ1) is 55.3. The fraction of sp³-hybridized carbons (Fsp3) is 0.500. The van der Waals surface area contributed by atoms with Gasteiger partial charge < -0.3 is 14.2 Å². The van der Waals surface area contributed by atoms with E-state index in [4.69, 9.17) is 14.2 Å². The number of unbranched alkanes of at least 4 members (excludes halogenated alkanes) is 4. The van der Waals surface area contributed by atoms with Gasteiger partial charge >= 0.3 is 17.9 Å². The molecule has 1 unspecified atom stereocenters. The van der Waals surface area contributed by atoms with Crippen molar-refractivity contribution in [2.24, 2.45) is 0 Å². The van der Waals surface area contributed by atoms with Crippen LogP contribution in [0.25, 0.3) is 0 Å². The van der Waals surface area contributed by atoms with Gasteiger partial charge in [-0.15, -0.1) is 0 Å². The third kappa shape index (κ3) is 44.4. The minimum atomic E-state index is -0.858. The van der Waals surface area contributed by atoms with E-state index in [1.54, 1.807) is 6.08 Å². The van der Waals surface area contributed by atoms with Crippen LogP contribution < -0.4 is 0 Å². The number of esters is 3. The lowest BCUT2D eigenvalue weighted by Gasteiger charge is -2.18. The van der Waals surface area contributed by atoms with E-state index in [2.05, 4.69) is 154 Å². The number of rotatable bonds is 38. The maximum Gasteiger partial charge on any atom is 0.309 e. The SMILES string of the molecule is CC/C=C\C/C=C\C/C=C\C/C=C\C/C=C\CCCC(=O)OCC(COC(=O)C/C=C\C/C=C\C/C=C\CC)OC(=O)CCCCC/C=C\C/C=C\C/C=C\C/C=C\CC. The van der Waals surface area contributed by atoms with Gasteiger partial charge in [-0.05, 0) is 109 Å². The van der Waals surface area contributed by atoms with Gasteiger partial charge in [-0.2, -0.15) is 0 Å². The van der Waals surface area contributed by atoms with E-state index in [0.29, 0.717) is 12.8 Å². The van der Waals surface area contributed by atoms with Gasteiger partial charge in [0.2, 0.25) is 0 Å². The molecule has 0 radical (unpaired) electrons. The van der Waals surface area contributed by atoms with Gasteiger partial charge in [0.1, 0.15) is 13.2 Å². The molecule has 0 aliphatic rings. The highest BCUT2D eigenvalue weighted by Gasteiger charge is 2.19. The molecular weight excluding hydrogens is 745 g/mol. The zero-order valence-electron chi connectivity index (χ0n) is 37.6. The largest absolute Gasteiger partial charge is 0.462 e. The van der Waals surface area contributed by atoms with Crippen molar-refractivity contribution in [3.8, 4) is 0 Å². The van der Waals surface area contributed by atoms with Gasteiger partial charge in [-0.3, -0.25) is 14.4 Å². The highest BCUT2D eigenvalue weighted by Crippen LogP contribution is 2.09. The minimum Gasteiger partial charge on any atom is -0.462 e. The third-order valence-electron chi connectivity index (χ3n) is 8.60. The standard InChI is InChI=1S/C54H80O6/c1-4-7-10-13-16-19-21-23-25-27-29-30-32-35-38-41-44-47-53(56)59-50-51(49-58-52(55)46-43-40-37-34-18-15-12-9-6-3)60-54(57)48-45-42-39-36-33-31-28-26-24-22-20-17-14-11-8-5-2/h7-12,16-20,23-26,29-31,33-35,38,40,43,51H,4-6,13-15,21-22,27-28,32,36-37,39,41-42,44-50H2,1-3H3/b10-7-,11-8-,12-9-,19-16-,20-17-,25-23-,26-24-,30-29-,33-31-,34-18-,38-35-,43-40-. The smallest absolute Gasteiger partial charge is 0.309 e. The van der Waals surface area contributed by atoms with Gasteiger partial charge in [0.25, 0.3) is 0 Å². The fourth-order valence-electron chi connectivity index (χ4n) is 5.29. The lowest BCUT2D eigenvalue weighted by atomic mass is 10.1. The van der Waals surface area contributed by atoms with Gasteiger partial charge in [-0.25, -0.2) is 0 Å². The van der Waals surface area contributed by atoms with Crippen LogP contribution in [0, 0.1) is 0 Å². The van der Waals surface area contributed by atoms with Crippen LogP contribution in [0.5, 0.6) is 0 Å². The van der Waals surface area contributed by atoms with Crippen LogP contribution in [0.4, 0.5) is 0 Å². The Kier molecular flexibility index (Phi) is 43.3. The molecule has 0 N–H and O–H groups in total. The van der Waals surface area contributed by atoms with Crippen molar-refractivity contribution >= 4 is 17.9 Å². The van der Waals surface area contributed by atoms with E-state index in [0.717, 1.165) is 103 Å². The lowest BCUT2D eigenvalue weighted by molar-refractivity contribution is -0.166. The molecule has 0 bridgehead atoms. The molecule has 0 rings (SSSR count). The Bertz CT molecular complexity index is 1410. The summed E-state index contributed by atoms with van der Waals surface area (Å²) in [5, 5.41) is 0. The molecule has 0 fully saturated rings.